The molecule has 1 aromatic heterocycles. The molecule has 0 spiro atoms. The van der Waals surface area contributed by atoms with Crippen LogP contribution in [-0.4, -0.2) is 23.3 Å². The Balaban J connectivity index is 1.45. The topological polar surface area (TPSA) is 36.3 Å². The first-order valence-corrected chi connectivity index (χ1v) is 11.8. The van der Waals surface area contributed by atoms with Crippen LogP contribution in [0.2, 0.25) is 0 Å². The molecule has 0 bridgehead atoms. The van der Waals surface area contributed by atoms with Crippen LogP contribution in [0.15, 0.2) is 78.9 Å². The van der Waals surface area contributed by atoms with Gasteiger partial charge in [0.25, 0.3) is 0 Å². The Morgan fingerprint density at radius 3 is 2.41 bits per heavy atom. The number of hydrogen-bond donors (Lipinski definition) is 0. The van der Waals surface area contributed by atoms with Crippen LogP contribution >= 0.6 is 0 Å². The minimum Gasteiger partial charge on any atom is -0.497 e. The first kappa shape index (κ1) is 22.0. The SMILES string of the molecule is COc1ccc2cc(C(C)c3nc4ccccc4n3CCOc3ccc(C)c(C)c3)ccc2c1. The summed E-state index contributed by atoms with van der Waals surface area (Å²) in [6.45, 7) is 7.78. The smallest absolute Gasteiger partial charge is 0.119 e. The van der Waals surface area contributed by atoms with Gasteiger partial charge in [-0.2, -0.15) is 0 Å². The summed E-state index contributed by atoms with van der Waals surface area (Å²) in [5.41, 5.74) is 5.91. The summed E-state index contributed by atoms with van der Waals surface area (Å²) in [7, 11) is 1.70. The van der Waals surface area contributed by atoms with Crippen LogP contribution in [0.1, 0.15) is 35.4 Å². The summed E-state index contributed by atoms with van der Waals surface area (Å²) in [6.07, 6.45) is 0. The molecule has 4 aromatic carbocycles. The molecule has 0 radical (unpaired) electrons. The molecule has 1 unspecified atom stereocenters. The van der Waals surface area contributed by atoms with E-state index in [0.29, 0.717) is 6.61 Å². The van der Waals surface area contributed by atoms with Crippen LogP contribution in [0, 0.1) is 13.8 Å². The zero-order valence-electron chi connectivity index (χ0n) is 20.2. The Labute approximate surface area is 200 Å². The van der Waals surface area contributed by atoms with E-state index in [9.17, 15) is 0 Å². The van der Waals surface area contributed by atoms with Crippen LogP contribution in [0.3, 0.4) is 0 Å². The molecule has 34 heavy (non-hydrogen) atoms. The standard InChI is InChI=1S/C30H30N2O2/c1-20-9-13-27(17-21(20)2)34-16-15-32-29-8-6-5-7-28(29)31-30(32)22(3)23-10-11-25-19-26(33-4)14-12-24(25)18-23/h5-14,17-19,22H,15-16H2,1-4H3. The van der Waals surface area contributed by atoms with Crippen LogP contribution in [-0.2, 0) is 6.54 Å². The van der Waals surface area contributed by atoms with Crippen molar-refractivity contribution >= 4 is 21.8 Å². The number of fused-ring (bicyclic) bond motifs is 2. The monoisotopic (exact) mass is 450 g/mol. The molecule has 0 aliphatic carbocycles. The molecule has 0 N–H and O–H groups in total. The minimum absolute atomic E-state index is 0.139. The number of para-hydroxylation sites is 2. The number of aryl methyl sites for hydroxylation is 2. The van der Waals surface area contributed by atoms with E-state index in [4.69, 9.17) is 14.5 Å². The second-order valence-corrected chi connectivity index (χ2v) is 8.90. The van der Waals surface area contributed by atoms with Crippen molar-refractivity contribution in [3.05, 3.63) is 101 Å². The fourth-order valence-corrected chi connectivity index (χ4v) is 4.51. The maximum absolute atomic E-state index is 6.12. The fraction of sp³-hybridized carbons (Fsp3) is 0.233. The molecular weight excluding hydrogens is 420 g/mol. The van der Waals surface area contributed by atoms with Crippen molar-refractivity contribution in [1.29, 1.82) is 0 Å². The average Bonchev–Trinajstić information content (AvgIpc) is 3.23. The van der Waals surface area contributed by atoms with E-state index in [1.165, 1.54) is 27.5 Å². The molecule has 1 heterocycles. The highest BCUT2D eigenvalue weighted by Crippen LogP contribution is 2.30. The van der Waals surface area contributed by atoms with Gasteiger partial charge in [-0.05, 0) is 77.7 Å². The van der Waals surface area contributed by atoms with E-state index in [0.717, 1.165) is 34.9 Å². The zero-order valence-corrected chi connectivity index (χ0v) is 20.2. The van der Waals surface area contributed by atoms with Gasteiger partial charge < -0.3 is 14.0 Å². The van der Waals surface area contributed by atoms with Crippen LogP contribution in [0.4, 0.5) is 0 Å². The van der Waals surface area contributed by atoms with Crippen LogP contribution in [0.5, 0.6) is 11.5 Å². The summed E-state index contributed by atoms with van der Waals surface area (Å²) in [5.74, 6) is 2.98. The van der Waals surface area contributed by atoms with Gasteiger partial charge in [0.1, 0.15) is 23.9 Å². The summed E-state index contributed by atoms with van der Waals surface area (Å²) in [5, 5.41) is 2.37. The molecule has 0 aliphatic heterocycles. The van der Waals surface area contributed by atoms with E-state index in [2.05, 4.69) is 86.0 Å². The van der Waals surface area contributed by atoms with Crippen molar-refractivity contribution in [3.63, 3.8) is 0 Å². The second-order valence-electron chi connectivity index (χ2n) is 8.90. The molecular formula is C30H30N2O2. The molecule has 5 rings (SSSR count). The fourth-order valence-electron chi connectivity index (χ4n) is 4.51. The third-order valence-corrected chi connectivity index (χ3v) is 6.70. The lowest BCUT2D eigenvalue weighted by Crippen LogP contribution is -2.13. The van der Waals surface area contributed by atoms with Gasteiger partial charge in [0.15, 0.2) is 0 Å². The molecule has 5 aromatic rings. The minimum atomic E-state index is 0.139. The van der Waals surface area contributed by atoms with E-state index in [1.54, 1.807) is 7.11 Å². The van der Waals surface area contributed by atoms with Gasteiger partial charge >= 0.3 is 0 Å². The predicted octanol–water partition coefficient (Wildman–Crippen LogP) is 7.05. The normalized spacial score (nSPS) is 12.2. The van der Waals surface area contributed by atoms with E-state index < -0.39 is 0 Å². The van der Waals surface area contributed by atoms with Gasteiger partial charge in [0.2, 0.25) is 0 Å². The molecule has 0 saturated heterocycles. The summed E-state index contributed by atoms with van der Waals surface area (Å²) in [4.78, 5) is 5.04. The lowest BCUT2D eigenvalue weighted by Gasteiger charge is -2.17. The first-order valence-electron chi connectivity index (χ1n) is 11.8. The van der Waals surface area contributed by atoms with Crippen molar-refractivity contribution < 1.29 is 9.47 Å². The highest BCUT2D eigenvalue weighted by molar-refractivity contribution is 5.85. The Morgan fingerprint density at radius 2 is 1.59 bits per heavy atom. The Morgan fingerprint density at radius 1 is 0.824 bits per heavy atom. The number of methoxy groups -OCH3 is 1. The van der Waals surface area contributed by atoms with Gasteiger partial charge in [-0.25, -0.2) is 4.98 Å². The summed E-state index contributed by atoms with van der Waals surface area (Å²) >= 11 is 0. The molecule has 0 saturated carbocycles. The molecule has 0 amide bonds. The van der Waals surface area contributed by atoms with Gasteiger partial charge in [0.05, 0.1) is 24.7 Å². The number of hydrogen-bond acceptors (Lipinski definition) is 3. The molecule has 0 fully saturated rings. The van der Waals surface area contributed by atoms with Crippen molar-refractivity contribution in [3.8, 4) is 11.5 Å². The molecule has 4 nitrogen and oxygen atoms in total. The Hall–Kier alpha value is -3.79. The number of aromatic nitrogens is 2. The number of ether oxygens (including phenoxy) is 2. The summed E-state index contributed by atoms with van der Waals surface area (Å²) in [6, 6.07) is 27.4. The second kappa shape index (κ2) is 9.22. The highest BCUT2D eigenvalue weighted by Gasteiger charge is 2.18. The number of benzene rings is 4. The van der Waals surface area contributed by atoms with Crippen molar-refractivity contribution in [2.24, 2.45) is 0 Å². The Bertz CT molecular complexity index is 1470. The number of nitrogens with zero attached hydrogens (tertiary/aromatic N) is 2. The quantitative estimate of drug-likeness (QED) is 0.267. The number of imidazole rings is 1. The van der Waals surface area contributed by atoms with Crippen molar-refractivity contribution in [2.75, 3.05) is 13.7 Å². The maximum Gasteiger partial charge on any atom is 0.119 e. The molecule has 172 valence electrons. The van der Waals surface area contributed by atoms with Gasteiger partial charge in [-0.15, -0.1) is 0 Å². The Kier molecular flexibility index (Phi) is 5.97. The van der Waals surface area contributed by atoms with Gasteiger partial charge in [-0.1, -0.05) is 49.4 Å². The van der Waals surface area contributed by atoms with Crippen molar-refractivity contribution in [1.82, 2.24) is 9.55 Å². The average molecular weight is 451 g/mol. The third-order valence-electron chi connectivity index (χ3n) is 6.70. The van der Waals surface area contributed by atoms with E-state index >= 15 is 0 Å². The molecule has 0 aliphatic rings. The number of rotatable bonds is 7. The molecule has 4 heteroatoms. The lowest BCUT2D eigenvalue weighted by atomic mass is 9.97. The van der Waals surface area contributed by atoms with Crippen LogP contribution in [0.25, 0.3) is 21.8 Å². The van der Waals surface area contributed by atoms with E-state index in [1.807, 2.05) is 18.2 Å². The van der Waals surface area contributed by atoms with Crippen molar-refractivity contribution in [2.45, 2.75) is 33.2 Å². The lowest BCUT2D eigenvalue weighted by molar-refractivity contribution is 0.297. The van der Waals surface area contributed by atoms with Gasteiger partial charge in [0, 0.05) is 5.92 Å². The highest BCUT2D eigenvalue weighted by atomic mass is 16.5. The largest absolute Gasteiger partial charge is 0.497 e. The predicted molar refractivity (Wildman–Crippen MR) is 139 cm³/mol. The van der Waals surface area contributed by atoms with E-state index in [-0.39, 0.29) is 5.92 Å². The van der Waals surface area contributed by atoms with Gasteiger partial charge in [-0.3, -0.25) is 0 Å². The zero-order chi connectivity index (χ0) is 23.7. The first-order chi connectivity index (χ1) is 16.5. The third kappa shape index (κ3) is 4.24. The molecule has 1 atom stereocenters. The summed E-state index contributed by atoms with van der Waals surface area (Å²) < 4.78 is 13.8. The van der Waals surface area contributed by atoms with Crippen LogP contribution < -0.4 is 9.47 Å². The maximum atomic E-state index is 6.12.